The summed E-state index contributed by atoms with van der Waals surface area (Å²) in [5.41, 5.74) is 0. The summed E-state index contributed by atoms with van der Waals surface area (Å²) in [7, 11) is 0. The first-order chi connectivity index (χ1) is 9.29. The molecule has 0 aromatic carbocycles. The van der Waals surface area contributed by atoms with E-state index >= 15 is 0 Å². The Morgan fingerprint density at radius 1 is 0.789 bits per heavy atom. The minimum Gasteiger partial charge on any atom is -0.298 e. The van der Waals surface area contributed by atoms with Crippen LogP contribution in [0.15, 0.2) is 0 Å². The fourth-order valence-electron chi connectivity index (χ4n) is 3.95. The quantitative estimate of drug-likeness (QED) is 0.741. The predicted octanol–water partition coefficient (Wildman–Crippen LogP) is 4.32. The van der Waals surface area contributed by atoms with Gasteiger partial charge in [0.25, 0.3) is 0 Å². The maximum absolute atomic E-state index is 11.9. The lowest BCUT2D eigenvalue weighted by molar-refractivity contribution is -0.124. The minimum absolute atomic E-state index is 0.238. The molecule has 1 atom stereocenters. The molecule has 1 saturated heterocycles. The number of carbonyl (C=O) groups is 1. The van der Waals surface area contributed by atoms with Gasteiger partial charge in [-0.25, -0.2) is 0 Å². The molecule has 0 spiro atoms. The lowest BCUT2D eigenvalue weighted by atomic mass is 9.91. The van der Waals surface area contributed by atoms with Gasteiger partial charge in [-0.3, -0.25) is 9.69 Å². The molecule has 2 nitrogen and oxygen atoms in total. The summed E-state index contributed by atoms with van der Waals surface area (Å²) in [6.07, 6.45) is 16.1. The van der Waals surface area contributed by atoms with Crippen LogP contribution in [0.2, 0.25) is 0 Å². The number of piperidine rings is 1. The van der Waals surface area contributed by atoms with Crippen LogP contribution in [0.5, 0.6) is 0 Å². The van der Waals surface area contributed by atoms with E-state index in [4.69, 9.17) is 0 Å². The summed E-state index contributed by atoms with van der Waals surface area (Å²) >= 11 is 0. The van der Waals surface area contributed by atoms with Crippen LogP contribution in [0.25, 0.3) is 0 Å². The Bertz CT molecular complexity index is 266. The molecule has 0 aromatic rings. The van der Waals surface area contributed by atoms with Crippen LogP contribution in [0.3, 0.4) is 0 Å². The van der Waals surface area contributed by atoms with Crippen LogP contribution in [0, 0.1) is 0 Å². The first-order valence-corrected chi connectivity index (χ1v) is 8.55. The molecule has 1 aliphatic heterocycles. The van der Waals surface area contributed by atoms with Crippen molar-refractivity contribution >= 4 is 5.78 Å². The number of nitrogens with zero attached hydrogens (tertiary/aromatic N) is 1. The van der Waals surface area contributed by atoms with E-state index in [1.54, 1.807) is 6.92 Å². The summed E-state index contributed by atoms with van der Waals surface area (Å²) < 4.78 is 0. The summed E-state index contributed by atoms with van der Waals surface area (Å²) in [4.78, 5) is 14.5. The molecule has 0 bridgehead atoms. The first-order valence-electron chi connectivity index (χ1n) is 8.55. The smallest absolute Gasteiger partial charge is 0.146 e. The normalized spacial score (nSPS) is 29.0. The lowest BCUT2D eigenvalue weighted by Crippen LogP contribution is -2.49. The van der Waals surface area contributed by atoms with Gasteiger partial charge in [0.05, 0.1) is 6.04 Å². The van der Waals surface area contributed by atoms with E-state index in [2.05, 4.69) is 4.90 Å². The van der Waals surface area contributed by atoms with Crippen molar-refractivity contribution in [2.24, 2.45) is 0 Å². The summed E-state index contributed by atoms with van der Waals surface area (Å²) in [5.74, 6) is 0.400. The highest BCUT2D eigenvalue weighted by molar-refractivity contribution is 5.81. The van der Waals surface area contributed by atoms with Crippen molar-refractivity contribution in [3.8, 4) is 0 Å². The Labute approximate surface area is 118 Å². The van der Waals surface area contributed by atoms with Crippen LogP contribution in [0.4, 0.5) is 0 Å². The van der Waals surface area contributed by atoms with Gasteiger partial charge in [0.2, 0.25) is 0 Å². The van der Waals surface area contributed by atoms with Gasteiger partial charge in [-0.15, -0.1) is 0 Å². The highest BCUT2D eigenvalue weighted by atomic mass is 16.1. The minimum atomic E-state index is 0.238. The van der Waals surface area contributed by atoms with Crippen LogP contribution >= 0.6 is 0 Å². The standard InChI is InChI=1S/C17H31NO/c1-15(19)17-13-9-10-14-18(17)16-11-7-5-3-2-4-6-8-12-16/h16-17H,2-14H2,1H3. The van der Waals surface area contributed by atoms with Crippen molar-refractivity contribution in [2.45, 2.75) is 96.1 Å². The third-order valence-electron chi connectivity index (χ3n) is 5.06. The second-order valence-electron chi connectivity index (χ2n) is 6.57. The molecule has 1 aliphatic carbocycles. The molecule has 0 N–H and O–H groups in total. The number of ketones is 1. The van der Waals surface area contributed by atoms with E-state index < -0.39 is 0 Å². The van der Waals surface area contributed by atoms with Gasteiger partial charge in [0.1, 0.15) is 5.78 Å². The average Bonchev–Trinajstić information content (AvgIpc) is 2.44. The molecule has 0 amide bonds. The van der Waals surface area contributed by atoms with Crippen molar-refractivity contribution in [3.63, 3.8) is 0 Å². The molecular weight excluding hydrogens is 234 g/mol. The number of hydrogen-bond acceptors (Lipinski definition) is 2. The molecule has 2 rings (SSSR count). The fraction of sp³-hybridized carbons (Fsp3) is 0.941. The van der Waals surface area contributed by atoms with Gasteiger partial charge < -0.3 is 0 Å². The predicted molar refractivity (Wildman–Crippen MR) is 80.4 cm³/mol. The van der Waals surface area contributed by atoms with Crippen LogP contribution in [-0.2, 0) is 4.79 Å². The van der Waals surface area contributed by atoms with Crippen molar-refractivity contribution in [1.82, 2.24) is 4.90 Å². The number of rotatable bonds is 2. The zero-order valence-corrected chi connectivity index (χ0v) is 12.7. The zero-order valence-electron chi connectivity index (χ0n) is 12.7. The Morgan fingerprint density at radius 3 is 1.89 bits per heavy atom. The molecule has 1 heterocycles. The van der Waals surface area contributed by atoms with E-state index in [9.17, 15) is 4.79 Å². The molecule has 110 valence electrons. The van der Waals surface area contributed by atoms with Crippen LogP contribution < -0.4 is 0 Å². The number of Topliss-reactive ketones (excluding diaryl/α,β-unsaturated/α-hetero) is 1. The maximum atomic E-state index is 11.9. The van der Waals surface area contributed by atoms with Gasteiger partial charge >= 0.3 is 0 Å². The van der Waals surface area contributed by atoms with Crippen molar-refractivity contribution in [1.29, 1.82) is 0 Å². The molecule has 2 heteroatoms. The number of carbonyl (C=O) groups excluding carboxylic acids is 1. The zero-order chi connectivity index (χ0) is 13.5. The summed E-state index contributed by atoms with van der Waals surface area (Å²) in [6.45, 7) is 2.96. The summed E-state index contributed by atoms with van der Waals surface area (Å²) in [5, 5.41) is 0. The third-order valence-corrected chi connectivity index (χ3v) is 5.06. The van der Waals surface area contributed by atoms with Gasteiger partial charge in [-0.1, -0.05) is 51.4 Å². The van der Waals surface area contributed by atoms with Crippen LogP contribution in [-0.4, -0.2) is 29.3 Å². The van der Waals surface area contributed by atoms with E-state index in [0.29, 0.717) is 11.8 Å². The highest BCUT2D eigenvalue weighted by Crippen LogP contribution is 2.27. The monoisotopic (exact) mass is 265 g/mol. The number of likely N-dealkylation sites (tertiary alicyclic amines) is 1. The van der Waals surface area contributed by atoms with Crippen molar-refractivity contribution in [2.75, 3.05) is 6.54 Å². The van der Waals surface area contributed by atoms with Gasteiger partial charge in [-0.2, -0.15) is 0 Å². The molecule has 2 fully saturated rings. The molecule has 0 radical (unpaired) electrons. The second-order valence-corrected chi connectivity index (χ2v) is 6.57. The van der Waals surface area contributed by atoms with Crippen molar-refractivity contribution < 1.29 is 4.79 Å². The topological polar surface area (TPSA) is 20.3 Å². The Balaban J connectivity index is 1.95. The molecular formula is C17H31NO. The third kappa shape index (κ3) is 4.59. The second kappa shape index (κ2) is 8.04. The Morgan fingerprint density at radius 2 is 1.32 bits per heavy atom. The maximum Gasteiger partial charge on any atom is 0.146 e. The van der Waals surface area contributed by atoms with E-state index in [0.717, 1.165) is 13.0 Å². The molecule has 2 aliphatic rings. The Hall–Kier alpha value is -0.370. The summed E-state index contributed by atoms with van der Waals surface area (Å²) in [6, 6.07) is 0.925. The van der Waals surface area contributed by atoms with E-state index in [1.165, 1.54) is 70.6 Å². The highest BCUT2D eigenvalue weighted by Gasteiger charge is 2.30. The lowest BCUT2D eigenvalue weighted by Gasteiger charge is -2.40. The van der Waals surface area contributed by atoms with Gasteiger partial charge in [0, 0.05) is 6.04 Å². The molecule has 19 heavy (non-hydrogen) atoms. The SMILES string of the molecule is CC(=O)C1CCCCN1C1CCCCCCCCC1. The number of hydrogen-bond donors (Lipinski definition) is 0. The van der Waals surface area contributed by atoms with E-state index in [1.807, 2.05) is 0 Å². The molecule has 1 unspecified atom stereocenters. The Kier molecular flexibility index (Phi) is 6.36. The van der Waals surface area contributed by atoms with Gasteiger partial charge in [0.15, 0.2) is 0 Å². The van der Waals surface area contributed by atoms with E-state index in [-0.39, 0.29) is 6.04 Å². The van der Waals surface area contributed by atoms with Crippen LogP contribution in [0.1, 0.15) is 84.0 Å². The van der Waals surface area contributed by atoms with Crippen molar-refractivity contribution in [3.05, 3.63) is 0 Å². The largest absolute Gasteiger partial charge is 0.298 e. The van der Waals surface area contributed by atoms with Gasteiger partial charge in [-0.05, 0) is 39.2 Å². The fourth-order valence-corrected chi connectivity index (χ4v) is 3.95. The average molecular weight is 265 g/mol. The molecule has 0 aromatic heterocycles. The molecule has 1 saturated carbocycles. The first kappa shape index (κ1) is 15.0.